The molecule has 0 saturated carbocycles. The number of rotatable bonds is 5. The van der Waals surface area contributed by atoms with Gasteiger partial charge in [0.2, 0.25) is 0 Å². The van der Waals surface area contributed by atoms with Crippen molar-refractivity contribution in [3.05, 3.63) is 40.6 Å². The predicted octanol–water partition coefficient (Wildman–Crippen LogP) is 1.91. The molecule has 0 bridgehead atoms. The first kappa shape index (κ1) is 10.4. The van der Waals surface area contributed by atoms with Crippen LogP contribution in [-0.4, -0.2) is 16.6 Å². The lowest BCUT2D eigenvalue weighted by Gasteiger charge is -2.06. The maximum Gasteiger partial charge on any atom is 0.0948 e. The topological polar surface area (TPSA) is 29.9 Å². The van der Waals surface area contributed by atoms with Crippen LogP contribution in [-0.2, 0) is 19.5 Å². The molecule has 80 valence electrons. The Hall–Kier alpha value is -1.13. The Labute approximate surface area is 93.8 Å². The van der Waals surface area contributed by atoms with E-state index in [1.165, 1.54) is 10.6 Å². The SMILES string of the molecule is CNCc1cncn1CCc1cccs1. The largest absolute Gasteiger partial charge is 0.333 e. The van der Waals surface area contributed by atoms with Gasteiger partial charge in [0.1, 0.15) is 0 Å². The number of hydrogen-bond donors (Lipinski definition) is 1. The second-order valence-corrected chi connectivity index (χ2v) is 4.47. The van der Waals surface area contributed by atoms with Crippen LogP contribution < -0.4 is 5.32 Å². The summed E-state index contributed by atoms with van der Waals surface area (Å²) < 4.78 is 2.20. The van der Waals surface area contributed by atoms with Crippen molar-refractivity contribution in [3.8, 4) is 0 Å². The number of aryl methyl sites for hydroxylation is 2. The first-order valence-electron chi connectivity index (χ1n) is 5.06. The van der Waals surface area contributed by atoms with Crippen LogP contribution >= 0.6 is 11.3 Å². The summed E-state index contributed by atoms with van der Waals surface area (Å²) >= 11 is 1.81. The molecule has 0 aliphatic heterocycles. The van der Waals surface area contributed by atoms with Crippen molar-refractivity contribution >= 4 is 11.3 Å². The standard InChI is InChI=1S/C11H15N3S/c1-12-7-10-8-13-9-14(10)5-4-11-3-2-6-15-11/h2-3,6,8-9,12H,4-5,7H2,1H3. The van der Waals surface area contributed by atoms with E-state index >= 15 is 0 Å². The van der Waals surface area contributed by atoms with Crippen LogP contribution in [0.25, 0.3) is 0 Å². The molecule has 0 atom stereocenters. The Bertz CT molecular complexity index is 392. The van der Waals surface area contributed by atoms with Gasteiger partial charge in [-0.05, 0) is 24.9 Å². The quantitative estimate of drug-likeness (QED) is 0.836. The second-order valence-electron chi connectivity index (χ2n) is 3.44. The van der Waals surface area contributed by atoms with E-state index in [0.717, 1.165) is 19.5 Å². The van der Waals surface area contributed by atoms with E-state index in [1.54, 1.807) is 0 Å². The number of imidazole rings is 1. The number of nitrogens with one attached hydrogen (secondary N) is 1. The van der Waals surface area contributed by atoms with Crippen molar-refractivity contribution < 1.29 is 0 Å². The maximum atomic E-state index is 4.17. The summed E-state index contributed by atoms with van der Waals surface area (Å²) in [7, 11) is 1.95. The Morgan fingerprint density at radius 1 is 1.53 bits per heavy atom. The molecular weight excluding hydrogens is 206 g/mol. The highest BCUT2D eigenvalue weighted by Gasteiger charge is 2.01. The Morgan fingerprint density at radius 2 is 2.47 bits per heavy atom. The molecular formula is C11H15N3S. The fourth-order valence-corrected chi connectivity index (χ4v) is 2.26. The van der Waals surface area contributed by atoms with E-state index in [-0.39, 0.29) is 0 Å². The smallest absolute Gasteiger partial charge is 0.0948 e. The van der Waals surface area contributed by atoms with Crippen molar-refractivity contribution in [1.29, 1.82) is 0 Å². The third-order valence-electron chi connectivity index (χ3n) is 2.34. The lowest BCUT2D eigenvalue weighted by Crippen LogP contribution is -2.11. The van der Waals surface area contributed by atoms with E-state index < -0.39 is 0 Å². The second kappa shape index (κ2) is 5.09. The van der Waals surface area contributed by atoms with Crippen molar-refractivity contribution in [3.63, 3.8) is 0 Å². The van der Waals surface area contributed by atoms with E-state index in [9.17, 15) is 0 Å². The Kier molecular flexibility index (Phi) is 3.53. The van der Waals surface area contributed by atoms with E-state index in [1.807, 2.05) is 30.9 Å². The van der Waals surface area contributed by atoms with Gasteiger partial charge in [-0.25, -0.2) is 4.98 Å². The summed E-state index contributed by atoms with van der Waals surface area (Å²) in [6, 6.07) is 4.28. The summed E-state index contributed by atoms with van der Waals surface area (Å²) in [5.41, 5.74) is 1.24. The molecule has 3 nitrogen and oxygen atoms in total. The predicted molar refractivity (Wildman–Crippen MR) is 63.0 cm³/mol. The minimum Gasteiger partial charge on any atom is -0.333 e. The van der Waals surface area contributed by atoms with E-state index in [2.05, 4.69) is 32.4 Å². The molecule has 2 aromatic heterocycles. The molecule has 2 rings (SSSR count). The molecule has 0 aromatic carbocycles. The summed E-state index contributed by atoms with van der Waals surface area (Å²) in [5, 5.41) is 5.27. The van der Waals surface area contributed by atoms with Crippen LogP contribution in [0.1, 0.15) is 10.6 Å². The first-order chi connectivity index (χ1) is 7.40. The molecule has 0 unspecified atom stereocenters. The summed E-state index contributed by atoms with van der Waals surface area (Å²) in [6.07, 6.45) is 4.91. The number of hydrogen-bond acceptors (Lipinski definition) is 3. The van der Waals surface area contributed by atoms with Gasteiger partial charge in [-0.3, -0.25) is 0 Å². The Balaban J connectivity index is 1.95. The highest BCUT2D eigenvalue weighted by Crippen LogP contribution is 2.10. The average molecular weight is 221 g/mol. The van der Waals surface area contributed by atoms with E-state index in [0.29, 0.717) is 0 Å². The molecule has 0 aliphatic rings. The maximum absolute atomic E-state index is 4.17. The molecule has 0 amide bonds. The first-order valence-corrected chi connectivity index (χ1v) is 5.94. The van der Waals surface area contributed by atoms with E-state index in [4.69, 9.17) is 0 Å². The molecule has 1 N–H and O–H groups in total. The molecule has 2 aromatic rings. The fourth-order valence-electron chi connectivity index (χ4n) is 1.56. The summed E-state index contributed by atoms with van der Waals surface area (Å²) in [4.78, 5) is 5.60. The van der Waals surface area contributed by atoms with Crippen LogP contribution in [0.4, 0.5) is 0 Å². The van der Waals surface area contributed by atoms with Gasteiger partial charge in [0.05, 0.1) is 12.0 Å². The van der Waals surface area contributed by atoms with Gasteiger partial charge in [0.25, 0.3) is 0 Å². The lowest BCUT2D eigenvalue weighted by atomic mass is 10.3. The third kappa shape index (κ3) is 2.67. The fraction of sp³-hybridized carbons (Fsp3) is 0.364. The highest BCUT2D eigenvalue weighted by molar-refractivity contribution is 7.09. The molecule has 0 fully saturated rings. The molecule has 4 heteroatoms. The molecule has 0 saturated heterocycles. The molecule has 0 spiro atoms. The highest BCUT2D eigenvalue weighted by atomic mass is 32.1. The average Bonchev–Trinajstić information content (AvgIpc) is 2.85. The van der Waals surface area contributed by atoms with Crippen molar-refractivity contribution in [1.82, 2.24) is 14.9 Å². The van der Waals surface area contributed by atoms with Crippen molar-refractivity contribution in [2.75, 3.05) is 7.05 Å². The zero-order chi connectivity index (χ0) is 10.5. The normalized spacial score (nSPS) is 10.7. The van der Waals surface area contributed by atoms with Crippen LogP contribution in [0.3, 0.4) is 0 Å². The molecule has 0 aliphatic carbocycles. The van der Waals surface area contributed by atoms with Gasteiger partial charge in [0, 0.05) is 24.2 Å². The zero-order valence-corrected chi connectivity index (χ0v) is 9.63. The van der Waals surface area contributed by atoms with Gasteiger partial charge < -0.3 is 9.88 Å². The number of thiophene rings is 1. The zero-order valence-electron chi connectivity index (χ0n) is 8.81. The number of nitrogens with zero attached hydrogens (tertiary/aromatic N) is 2. The van der Waals surface area contributed by atoms with Crippen LogP contribution in [0.15, 0.2) is 30.0 Å². The van der Waals surface area contributed by atoms with Crippen molar-refractivity contribution in [2.45, 2.75) is 19.5 Å². The third-order valence-corrected chi connectivity index (χ3v) is 3.27. The van der Waals surface area contributed by atoms with Crippen LogP contribution in [0.2, 0.25) is 0 Å². The summed E-state index contributed by atoms with van der Waals surface area (Å²) in [6.45, 7) is 1.89. The van der Waals surface area contributed by atoms with Crippen LogP contribution in [0, 0.1) is 0 Å². The van der Waals surface area contributed by atoms with Crippen molar-refractivity contribution in [2.24, 2.45) is 0 Å². The van der Waals surface area contributed by atoms with Gasteiger partial charge in [-0.1, -0.05) is 6.07 Å². The lowest BCUT2D eigenvalue weighted by molar-refractivity contribution is 0.641. The van der Waals surface area contributed by atoms with Crippen LogP contribution in [0.5, 0.6) is 0 Å². The number of aromatic nitrogens is 2. The molecule has 0 radical (unpaired) electrons. The van der Waals surface area contributed by atoms with Gasteiger partial charge in [0.15, 0.2) is 0 Å². The Morgan fingerprint density at radius 3 is 3.20 bits per heavy atom. The monoisotopic (exact) mass is 221 g/mol. The summed E-state index contributed by atoms with van der Waals surface area (Å²) in [5.74, 6) is 0. The van der Waals surface area contributed by atoms with Gasteiger partial charge in [-0.2, -0.15) is 0 Å². The minimum absolute atomic E-state index is 0.879. The molecule has 2 heterocycles. The molecule has 15 heavy (non-hydrogen) atoms. The minimum atomic E-state index is 0.879. The van der Waals surface area contributed by atoms with Gasteiger partial charge >= 0.3 is 0 Å². The van der Waals surface area contributed by atoms with Gasteiger partial charge in [-0.15, -0.1) is 11.3 Å².